The third kappa shape index (κ3) is 3.00. The molecular formula is C14H19ClN2O4S. The maximum absolute atomic E-state index is 12.9. The zero-order valence-corrected chi connectivity index (χ0v) is 13.9. The molecule has 2 saturated heterocycles. The van der Waals surface area contributed by atoms with Crippen molar-refractivity contribution >= 4 is 21.6 Å². The highest BCUT2D eigenvalue weighted by Gasteiger charge is 2.40. The molecule has 2 aliphatic heterocycles. The van der Waals surface area contributed by atoms with Gasteiger partial charge >= 0.3 is 0 Å². The minimum atomic E-state index is -3.64. The molecule has 0 saturated carbocycles. The molecule has 0 aromatic carbocycles. The van der Waals surface area contributed by atoms with E-state index in [0.29, 0.717) is 30.5 Å². The van der Waals surface area contributed by atoms with Gasteiger partial charge in [-0.05, 0) is 31.4 Å². The third-order valence-corrected chi connectivity index (χ3v) is 6.34. The normalized spacial score (nSPS) is 24.7. The summed E-state index contributed by atoms with van der Waals surface area (Å²) in [5.41, 5.74) is 0.643. The monoisotopic (exact) mass is 346 g/mol. The molecule has 0 N–H and O–H groups in total. The van der Waals surface area contributed by atoms with Crippen LogP contribution in [0.25, 0.3) is 0 Å². The van der Waals surface area contributed by atoms with Gasteiger partial charge in [0.05, 0.1) is 19.3 Å². The largest absolute Gasteiger partial charge is 0.349 e. The van der Waals surface area contributed by atoms with Crippen molar-refractivity contribution in [2.45, 2.75) is 43.4 Å². The van der Waals surface area contributed by atoms with Crippen LogP contribution in [0.15, 0.2) is 17.2 Å². The molecule has 2 aliphatic rings. The Bertz CT molecular complexity index is 646. The van der Waals surface area contributed by atoms with Crippen molar-refractivity contribution in [3.05, 3.63) is 23.0 Å². The first-order valence-corrected chi connectivity index (χ1v) is 9.19. The van der Waals surface area contributed by atoms with Crippen LogP contribution >= 0.6 is 11.6 Å². The van der Waals surface area contributed by atoms with E-state index in [-0.39, 0.29) is 10.9 Å². The number of hydrogen-bond acceptors (Lipinski definition) is 5. The fraction of sp³-hybridized carbons (Fsp3) is 0.643. The molecule has 22 heavy (non-hydrogen) atoms. The average molecular weight is 347 g/mol. The molecule has 1 unspecified atom stereocenters. The minimum Gasteiger partial charge on any atom is -0.349 e. The molecule has 0 spiro atoms. The summed E-state index contributed by atoms with van der Waals surface area (Å²) < 4.78 is 38.5. The zero-order chi connectivity index (χ0) is 15.7. The van der Waals surface area contributed by atoms with Gasteiger partial charge in [-0.1, -0.05) is 18.0 Å². The number of nitrogens with zero attached hydrogens (tertiary/aromatic N) is 2. The summed E-state index contributed by atoms with van der Waals surface area (Å²) in [6.45, 7) is 3.23. The van der Waals surface area contributed by atoms with Crippen LogP contribution in [0.2, 0.25) is 5.15 Å². The van der Waals surface area contributed by atoms with Gasteiger partial charge in [0.15, 0.2) is 6.29 Å². The van der Waals surface area contributed by atoms with Crippen molar-refractivity contribution in [2.24, 2.45) is 0 Å². The highest BCUT2D eigenvalue weighted by molar-refractivity contribution is 7.89. The number of sulfonamides is 1. The van der Waals surface area contributed by atoms with E-state index in [1.54, 1.807) is 13.0 Å². The van der Waals surface area contributed by atoms with E-state index < -0.39 is 16.3 Å². The Balaban J connectivity index is 1.92. The number of halogens is 1. The van der Waals surface area contributed by atoms with Crippen molar-refractivity contribution in [2.75, 3.05) is 19.8 Å². The molecule has 122 valence electrons. The second-order valence-electron chi connectivity index (χ2n) is 5.57. The minimum absolute atomic E-state index is 0.166. The summed E-state index contributed by atoms with van der Waals surface area (Å²) in [7, 11) is -3.64. The molecule has 0 aliphatic carbocycles. The number of hydrogen-bond donors (Lipinski definition) is 0. The molecular weight excluding hydrogens is 328 g/mol. The predicted molar refractivity (Wildman–Crippen MR) is 81.2 cm³/mol. The van der Waals surface area contributed by atoms with Gasteiger partial charge in [0.2, 0.25) is 10.0 Å². The van der Waals surface area contributed by atoms with Crippen LogP contribution in [-0.2, 0) is 19.5 Å². The second kappa shape index (κ2) is 6.41. The Kier molecular flexibility index (Phi) is 4.70. The lowest BCUT2D eigenvalue weighted by Gasteiger charge is -2.36. The first-order valence-electron chi connectivity index (χ1n) is 7.37. The Morgan fingerprint density at radius 3 is 2.73 bits per heavy atom. The number of rotatable bonds is 3. The van der Waals surface area contributed by atoms with Gasteiger partial charge < -0.3 is 9.47 Å². The van der Waals surface area contributed by atoms with Crippen LogP contribution in [0, 0.1) is 6.92 Å². The Morgan fingerprint density at radius 1 is 1.32 bits per heavy atom. The number of piperidine rings is 1. The number of aryl methyl sites for hydroxylation is 1. The number of ether oxygens (including phenoxy) is 2. The van der Waals surface area contributed by atoms with Gasteiger partial charge in [-0.2, -0.15) is 4.31 Å². The molecule has 1 aromatic heterocycles. The van der Waals surface area contributed by atoms with E-state index >= 15 is 0 Å². The Hall–Kier alpha value is -0.730. The van der Waals surface area contributed by atoms with Crippen molar-refractivity contribution in [1.29, 1.82) is 0 Å². The van der Waals surface area contributed by atoms with E-state index in [1.807, 2.05) is 0 Å². The van der Waals surface area contributed by atoms with Gasteiger partial charge in [0.25, 0.3) is 0 Å². The summed E-state index contributed by atoms with van der Waals surface area (Å²) >= 11 is 5.89. The standard InChI is InChI=1S/C14H19ClN2O4S/c1-10-8-11(9-16-13(10)15)22(18,19)17-5-3-2-4-12(17)14-20-6-7-21-14/h8-9,12,14H,2-7H2,1H3. The van der Waals surface area contributed by atoms with Crippen molar-refractivity contribution in [3.63, 3.8) is 0 Å². The van der Waals surface area contributed by atoms with Crippen LogP contribution < -0.4 is 0 Å². The summed E-state index contributed by atoms with van der Waals surface area (Å²) in [6, 6.07) is 1.28. The van der Waals surface area contributed by atoms with E-state index in [0.717, 1.165) is 19.3 Å². The summed E-state index contributed by atoms with van der Waals surface area (Å²) in [6.07, 6.45) is 3.38. The molecule has 1 atom stereocenters. The maximum atomic E-state index is 12.9. The summed E-state index contributed by atoms with van der Waals surface area (Å²) in [5, 5.41) is 0.316. The fourth-order valence-electron chi connectivity index (χ4n) is 2.91. The van der Waals surface area contributed by atoms with Gasteiger partial charge in [-0.25, -0.2) is 13.4 Å². The second-order valence-corrected chi connectivity index (χ2v) is 7.82. The van der Waals surface area contributed by atoms with E-state index in [1.165, 1.54) is 10.5 Å². The molecule has 2 fully saturated rings. The van der Waals surface area contributed by atoms with Crippen LogP contribution in [0.1, 0.15) is 24.8 Å². The highest BCUT2D eigenvalue weighted by atomic mass is 35.5. The number of pyridine rings is 1. The van der Waals surface area contributed by atoms with Gasteiger partial charge in [0, 0.05) is 12.7 Å². The van der Waals surface area contributed by atoms with E-state index in [2.05, 4.69) is 4.98 Å². The highest BCUT2D eigenvalue weighted by Crippen LogP contribution is 2.30. The van der Waals surface area contributed by atoms with E-state index in [9.17, 15) is 8.42 Å². The molecule has 3 rings (SSSR count). The molecule has 6 nitrogen and oxygen atoms in total. The molecule has 3 heterocycles. The van der Waals surface area contributed by atoms with Gasteiger partial charge in [-0.3, -0.25) is 0 Å². The molecule has 8 heteroatoms. The lowest BCUT2D eigenvalue weighted by molar-refractivity contribution is -0.0913. The topological polar surface area (TPSA) is 68.7 Å². The maximum Gasteiger partial charge on any atom is 0.245 e. The van der Waals surface area contributed by atoms with Crippen molar-refractivity contribution in [1.82, 2.24) is 9.29 Å². The summed E-state index contributed by atoms with van der Waals surface area (Å²) in [5.74, 6) is 0. The first-order chi connectivity index (χ1) is 10.5. The van der Waals surface area contributed by atoms with Gasteiger partial charge in [0.1, 0.15) is 10.0 Å². The molecule has 1 aromatic rings. The van der Waals surface area contributed by atoms with Crippen LogP contribution in [0.5, 0.6) is 0 Å². The first kappa shape index (κ1) is 16.1. The average Bonchev–Trinajstić information content (AvgIpc) is 3.04. The van der Waals surface area contributed by atoms with Crippen LogP contribution in [0.4, 0.5) is 0 Å². The molecule has 0 bridgehead atoms. The smallest absolute Gasteiger partial charge is 0.245 e. The third-order valence-electron chi connectivity index (χ3n) is 4.06. The number of aromatic nitrogens is 1. The van der Waals surface area contributed by atoms with Gasteiger partial charge in [-0.15, -0.1) is 0 Å². The fourth-order valence-corrected chi connectivity index (χ4v) is 4.73. The van der Waals surface area contributed by atoms with Crippen LogP contribution in [0.3, 0.4) is 0 Å². The summed E-state index contributed by atoms with van der Waals surface area (Å²) in [4.78, 5) is 4.13. The Labute approximate surface area is 135 Å². The zero-order valence-electron chi connectivity index (χ0n) is 12.4. The predicted octanol–water partition coefficient (Wildman–Crippen LogP) is 1.96. The SMILES string of the molecule is Cc1cc(S(=O)(=O)N2CCCCC2C2OCCO2)cnc1Cl. The molecule has 0 amide bonds. The lowest BCUT2D eigenvalue weighted by Crippen LogP contribution is -2.50. The quantitative estimate of drug-likeness (QED) is 0.782. The Morgan fingerprint density at radius 2 is 2.05 bits per heavy atom. The van der Waals surface area contributed by atoms with Crippen LogP contribution in [-0.4, -0.2) is 49.8 Å². The molecule has 0 radical (unpaired) electrons. The lowest BCUT2D eigenvalue weighted by atomic mass is 10.0. The van der Waals surface area contributed by atoms with E-state index in [4.69, 9.17) is 21.1 Å². The van der Waals surface area contributed by atoms with Crippen molar-refractivity contribution in [3.8, 4) is 0 Å². The van der Waals surface area contributed by atoms with Crippen molar-refractivity contribution < 1.29 is 17.9 Å².